The van der Waals surface area contributed by atoms with Crippen LogP contribution >= 0.6 is 11.8 Å². The molecule has 6 nitrogen and oxygen atoms in total. The van der Waals surface area contributed by atoms with E-state index in [-0.39, 0.29) is 18.0 Å². The van der Waals surface area contributed by atoms with Crippen molar-refractivity contribution >= 4 is 40.6 Å². The van der Waals surface area contributed by atoms with Gasteiger partial charge in [0, 0.05) is 17.1 Å². The number of aromatic nitrogens is 1. The number of carbonyl (C=O) groups excluding carboxylic acids is 1. The third kappa shape index (κ3) is 5.45. The van der Waals surface area contributed by atoms with Crippen LogP contribution in [0.1, 0.15) is 45.4 Å². The first-order valence-electron chi connectivity index (χ1n) is 12.8. The second-order valence-electron chi connectivity index (χ2n) is 9.38. The molecule has 1 saturated heterocycles. The molecule has 1 N–H and O–H groups in total. The summed E-state index contributed by atoms with van der Waals surface area (Å²) in [5, 5.41) is 9.82. The van der Waals surface area contributed by atoms with Gasteiger partial charge in [0.15, 0.2) is 5.17 Å². The molecule has 1 aromatic heterocycles. The van der Waals surface area contributed by atoms with Crippen molar-refractivity contribution in [1.29, 1.82) is 0 Å². The van der Waals surface area contributed by atoms with E-state index in [2.05, 4.69) is 55.7 Å². The Balaban J connectivity index is 1.52. The summed E-state index contributed by atoms with van der Waals surface area (Å²) in [5.74, 6) is -1.11. The van der Waals surface area contributed by atoms with Gasteiger partial charge in [0.1, 0.15) is 0 Å². The van der Waals surface area contributed by atoms with Gasteiger partial charge in [-0.3, -0.25) is 9.69 Å². The lowest BCUT2D eigenvalue weighted by Gasteiger charge is -2.16. The maximum absolute atomic E-state index is 13.7. The monoisotopic (exact) mass is 535 g/mol. The first kappa shape index (κ1) is 26.3. The highest BCUT2D eigenvalue weighted by molar-refractivity contribution is 8.18. The summed E-state index contributed by atoms with van der Waals surface area (Å²) in [5.41, 5.74) is 7.37. The van der Waals surface area contributed by atoms with Crippen LogP contribution < -0.4 is 0 Å². The molecule has 1 aliphatic rings. The number of amides is 1. The Hall–Kier alpha value is -4.36. The minimum atomic E-state index is -0.981. The molecule has 0 atom stereocenters. The van der Waals surface area contributed by atoms with Gasteiger partial charge in [-0.05, 0) is 91.2 Å². The van der Waals surface area contributed by atoms with E-state index >= 15 is 0 Å². The summed E-state index contributed by atoms with van der Waals surface area (Å²) in [6, 6.07) is 26.6. The van der Waals surface area contributed by atoms with Gasteiger partial charge in [-0.25, -0.2) is 9.79 Å². The van der Waals surface area contributed by atoms with Crippen molar-refractivity contribution in [3.05, 3.63) is 123 Å². The first-order valence-corrected chi connectivity index (χ1v) is 13.6. The van der Waals surface area contributed by atoms with Crippen LogP contribution in [0.15, 0.2) is 94.8 Å². The number of nitrogens with zero attached hydrogens (tertiary/aromatic N) is 3. The highest BCUT2D eigenvalue weighted by Crippen LogP contribution is 2.36. The summed E-state index contributed by atoms with van der Waals surface area (Å²) in [7, 11) is 0. The largest absolute Gasteiger partial charge is 0.478 e. The number of hydrogen-bond acceptors (Lipinski definition) is 4. The zero-order chi connectivity index (χ0) is 27.5. The standard InChI is InChI=1S/C32H29N3O3S/c1-4-24-10-8-9-13-28(24)35-21(2)18-26(22(35)3)19-29-30(36)34(20-23-14-16-25(17-15-23)31(37)38)32(39-29)33-27-11-6-5-7-12-27/h5-19H,4,20H2,1-3H3,(H,37,38)/b29-19-,33-32?. The van der Waals surface area contributed by atoms with Gasteiger partial charge >= 0.3 is 5.97 Å². The number of hydrogen-bond donors (Lipinski definition) is 1. The number of carboxylic acids is 1. The second-order valence-corrected chi connectivity index (χ2v) is 10.4. The fourth-order valence-corrected chi connectivity index (χ4v) is 5.74. The minimum Gasteiger partial charge on any atom is -0.478 e. The number of benzene rings is 3. The first-order chi connectivity index (χ1) is 18.9. The predicted molar refractivity (Wildman–Crippen MR) is 158 cm³/mol. The van der Waals surface area contributed by atoms with Crippen LogP contribution in [0, 0.1) is 13.8 Å². The molecule has 0 spiro atoms. The van der Waals surface area contributed by atoms with Gasteiger partial charge in [0.25, 0.3) is 5.91 Å². The Labute approximate surface area is 232 Å². The molecule has 5 rings (SSSR count). The summed E-state index contributed by atoms with van der Waals surface area (Å²) >= 11 is 1.36. The van der Waals surface area contributed by atoms with Crippen molar-refractivity contribution in [3.8, 4) is 5.69 Å². The molecule has 3 aromatic carbocycles. The molecular weight excluding hydrogens is 506 g/mol. The van der Waals surface area contributed by atoms with E-state index < -0.39 is 5.97 Å². The highest BCUT2D eigenvalue weighted by atomic mass is 32.2. The number of rotatable bonds is 7. The predicted octanol–water partition coefficient (Wildman–Crippen LogP) is 7.16. The zero-order valence-corrected chi connectivity index (χ0v) is 22.9. The molecule has 1 amide bonds. The summed E-state index contributed by atoms with van der Waals surface area (Å²) < 4.78 is 2.25. The Kier molecular flexibility index (Phi) is 7.52. The van der Waals surface area contributed by atoms with Crippen molar-refractivity contribution in [2.45, 2.75) is 33.7 Å². The van der Waals surface area contributed by atoms with Crippen molar-refractivity contribution in [2.75, 3.05) is 0 Å². The number of thioether (sulfide) groups is 1. The van der Waals surface area contributed by atoms with Gasteiger partial charge in [-0.1, -0.05) is 55.5 Å². The van der Waals surface area contributed by atoms with Crippen LogP contribution in [-0.2, 0) is 17.8 Å². The Morgan fingerprint density at radius 2 is 1.67 bits per heavy atom. The molecule has 0 saturated carbocycles. The SMILES string of the molecule is CCc1ccccc1-n1c(C)cc(/C=C2\SC(=Nc3ccccc3)N(Cc3ccc(C(=O)O)cc3)C2=O)c1C. The fraction of sp³-hybridized carbons (Fsp3) is 0.156. The fourth-order valence-electron chi connectivity index (χ4n) is 4.75. The third-order valence-electron chi connectivity index (χ3n) is 6.78. The topological polar surface area (TPSA) is 74.9 Å². The smallest absolute Gasteiger partial charge is 0.335 e. The van der Waals surface area contributed by atoms with Crippen LogP contribution in [-0.4, -0.2) is 31.6 Å². The summed E-state index contributed by atoms with van der Waals surface area (Å²) in [4.78, 5) is 32.0. The Morgan fingerprint density at radius 1 is 0.974 bits per heavy atom. The number of aliphatic imine (C=N–C) groups is 1. The lowest BCUT2D eigenvalue weighted by Crippen LogP contribution is -2.28. The maximum atomic E-state index is 13.7. The van der Waals surface area contributed by atoms with Gasteiger partial charge in [0.05, 0.1) is 22.7 Å². The number of aromatic carboxylic acids is 1. The van der Waals surface area contributed by atoms with Crippen molar-refractivity contribution in [1.82, 2.24) is 9.47 Å². The van der Waals surface area contributed by atoms with Gasteiger partial charge in [0.2, 0.25) is 0 Å². The number of para-hydroxylation sites is 2. The van der Waals surface area contributed by atoms with E-state index in [1.807, 2.05) is 36.4 Å². The summed E-state index contributed by atoms with van der Waals surface area (Å²) in [6.07, 6.45) is 2.88. The van der Waals surface area contributed by atoms with Crippen molar-refractivity contribution in [3.63, 3.8) is 0 Å². The number of aryl methyl sites for hydroxylation is 2. The average molecular weight is 536 g/mol. The Bertz CT molecular complexity index is 1600. The lowest BCUT2D eigenvalue weighted by molar-refractivity contribution is -0.122. The van der Waals surface area contributed by atoms with E-state index in [9.17, 15) is 14.7 Å². The molecule has 7 heteroatoms. The molecule has 1 fully saturated rings. The molecule has 4 aromatic rings. The molecule has 1 aliphatic heterocycles. The molecule has 0 unspecified atom stereocenters. The van der Waals surface area contributed by atoms with Crippen molar-refractivity contribution in [2.24, 2.45) is 4.99 Å². The van der Waals surface area contributed by atoms with E-state index in [1.54, 1.807) is 29.2 Å². The lowest BCUT2D eigenvalue weighted by atomic mass is 10.1. The number of carboxylic acid groups (broad SMARTS) is 1. The van der Waals surface area contributed by atoms with Crippen LogP contribution in [0.4, 0.5) is 5.69 Å². The number of carbonyl (C=O) groups is 2. The average Bonchev–Trinajstić information content (AvgIpc) is 3.38. The molecule has 0 aliphatic carbocycles. The van der Waals surface area contributed by atoms with E-state index in [4.69, 9.17) is 4.99 Å². The van der Waals surface area contributed by atoms with Crippen LogP contribution in [0.3, 0.4) is 0 Å². The van der Waals surface area contributed by atoms with Crippen molar-refractivity contribution < 1.29 is 14.7 Å². The van der Waals surface area contributed by atoms with Crippen LogP contribution in [0.25, 0.3) is 11.8 Å². The van der Waals surface area contributed by atoms with E-state index in [0.717, 1.165) is 40.3 Å². The van der Waals surface area contributed by atoms with Crippen LogP contribution in [0.5, 0.6) is 0 Å². The molecular formula is C32H29N3O3S. The van der Waals surface area contributed by atoms with Gasteiger partial charge in [-0.15, -0.1) is 0 Å². The third-order valence-corrected chi connectivity index (χ3v) is 7.79. The maximum Gasteiger partial charge on any atom is 0.335 e. The van der Waals surface area contributed by atoms with Crippen LogP contribution in [0.2, 0.25) is 0 Å². The summed E-state index contributed by atoms with van der Waals surface area (Å²) in [6.45, 7) is 6.61. The Morgan fingerprint density at radius 3 is 2.36 bits per heavy atom. The molecule has 2 heterocycles. The van der Waals surface area contributed by atoms with Gasteiger partial charge in [-0.2, -0.15) is 0 Å². The minimum absolute atomic E-state index is 0.129. The van der Waals surface area contributed by atoms with E-state index in [1.165, 1.54) is 17.3 Å². The highest BCUT2D eigenvalue weighted by Gasteiger charge is 2.34. The second kappa shape index (κ2) is 11.2. The van der Waals surface area contributed by atoms with Gasteiger partial charge < -0.3 is 9.67 Å². The molecule has 0 radical (unpaired) electrons. The quantitative estimate of drug-likeness (QED) is 0.255. The molecule has 39 heavy (non-hydrogen) atoms. The normalized spacial score (nSPS) is 15.5. The molecule has 0 bridgehead atoms. The zero-order valence-electron chi connectivity index (χ0n) is 22.1. The number of amidine groups is 1. The van der Waals surface area contributed by atoms with E-state index in [0.29, 0.717) is 10.1 Å². The molecule has 196 valence electrons.